The van der Waals surface area contributed by atoms with Crippen molar-refractivity contribution in [3.63, 3.8) is 0 Å². The Balaban J connectivity index is 1.33. The molecule has 3 aromatic heterocycles. The van der Waals surface area contributed by atoms with Gasteiger partial charge in [-0.15, -0.1) is 0 Å². The van der Waals surface area contributed by atoms with E-state index in [9.17, 15) is 9.90 Å². The van der Waals surface area contributed by atoms with Crippen LogP contribution in [0.15, 0.2) is 48.9 Å². The van der Waals surface area contributed by atoms with Crippen LogP contribution < -0.4 is 14.7 Å². The Morgan fingerprint density at radius 2 is 2.03 bits per heavy atom. The normalized spacial score (nSPS) is 31.9. The summed E-state index contributed by atoms with van der Waals surface area (Å²) in [6.45, 7) is 0. The summed E-state index contributed by atoms with van der Waals surface area (Å²) >= 11 is 0. The van der Waals surface area contributed by atoms with Crippen molar-refractivity contribution in [3.05, 3.63) is 66.0 Å². The standard InChI is InChI=1S/C24H26N4O2/c29-22(27-23-10-17-8-18(11-23)13-24(30,12-17)15-23)21-19-5-1-2-7-28(19)20(26-21)9-16-4-3-6-25-14-16/h1-7,14,17-18,30H,8-13,15H2,(H,27,29)/p+2. The number of fused-ring (bicyclic) bond motifs is 1. The molecular weight excluding hydrogens is 376 g/mol. The lowest BCUT2D eigenvalue weighted by Crippen LogP contribution is -2.65. The fourth-order valence-corrected chi connectivity index (χ4v) is 6.85. The molecule has 3 aromatic rings. The molecule has 4 bridgehead atoms. The Hall–Kier alpha value is -2.73. The molecule has 6 nitrogen and oxygen atoms in total. The van der Waals surface area contributed by atoms with Gasteiger partial charge in [-0.25, -0.2) is 9.97 Å². The molecule has 0 saturated heterocycles. The van der Waals surface area contributed by atoms with Crippen molar-refractivity contribution in [2.24, 2.45) is 11.8 Å². The zero-order chi connectivity index (χ0) is 20.3. The van der Waals surface area contributed by atoms with Crippen LogP contribution in [0.25, 0.3) is 5.52 Å². The van der Waals surface area contributed by atoms with Gasteiger partial charge >= 0.3 is 0 Å². The van der Waals surface area contributed by atoms with Crippen molar-refractivity contribution >= 4 is 11.4 Å². The maximum absolute atomic E-state index is 13.5. The lowest BCUT2D eigenvalue weighted by molar-refractivity contribution is -0.520. The molecule has 0 aromatic carbocycles. The SMILES string of the molecule is O=C(NC12CC3CC(CC(O)(C3)C1)C2)c1[nH]c(Cc2ccc[nH+]c2)[n+]2ccccc12. The Kier molecular flexibility index (Phi) is 3.84. The predicted octanol–water partition coefficient (Wildman–Crippen LogP) is 1.97. The molecule has 4 aliphatic carbocycles. The first-order valence-electron chi connectivity index (χ1n) is 11.0. The lowest BCUT2D eigenvalue weighted by Gasteiger charge is -2.60. The molecule has 4 N–H and O–H groups in total. The van der Waals surface area contributed by atoms with Gasteiger partial charge in [0, 0.05) is 17.2 Å². The van der Waals surface area contributed by atoms with Gasteiger partial charge in [0.25, 0.3) is 11.7 Å². The summed E-state index contributed by atoms with van der Waals surface area (Å²) in [5.74, 6) is 1.99. The summed E-state index contributed by atoms with van der Waals surface area (Å²) in [6, 6.07) is 9.99. The first-order valence-corrected chi connectivity index (χ1v) is 11.0. The van der Waals surface area contributed by atoms with E-state index in [4.69, 9.17) is 0 Å². The van der Waals surface area contributed by atoms with Crippen molar-refractivity contribution in [1.82, 2.24) is 10.3 Å². The van der Waals surface area contributed by atoms with E-state index in [1.54, 1.807) is 0 Å². The summed E-state index contributed by atoms with van der Waals surface area (Å²) in [5.41, 5.74) is 1.79. The number of amides is 1. The molecular formula is C24H28N4O2+2. The van der Waals surface area contributed by atoms with Gasteiger partial charge in [0.05, 0.1) is 18.2 Å². The van der Waals surface area contributed by atoms with Gasteiger partial charge < -0.3 is 10.4 Å². The maximum Gasteiger partial charge on any atom is 0.296 e. The van der Waals surface area contributed by atoms with Crippen LogP contribution in [0.2, 0.25) is 0 Å². The number of aromatic nitrogens is 3. The van der Waals surface area contributed by atoms with Gasteiger partial charge in [0.2, 0.25) is 5.69 Å². The van der Waals surface area contributed by atoms with Crippen molar-refractivity contribution in [2.75, 3.05) is 0 Å². The number of rotatable bonds is 4. The zero-order valence-corrected chi connectivity index (χ0v) is 17.0. The molecule has 1 amide bonds. The molecule has 4 fully saturated rings. The van der Waals surface area contributed by atoms with E-state index >= 15 is 0 Å². The summed E-state index contributed by atoms with van der Waals surface area (Å²) in [6.07, 6.45) is 12.3. The van der Waals surface area contributed by atoms with E-state index in [2.05, 4.69) is 25.8 Å². The van der Waals surface area contributed by atoms with Gasteiger partial charge in [0.15, 0.2) is 17.9 Å². The first kappa shape index (κ1) is 18.1. The number of imidazole rings is 1. The maximum atomic E-state index is 13.5. The molecule has 3 heterocycles. The van der Waals surface area contributed by atoms with E-state index in [1.807, 2.05) is 42.9 Å². The molecule has 6 heteroatoms. The fraction of sp³-hybridized carbons (Fsp3) is 0.458. The molecule has 30 heavy (non-hydrogen) atoms. The lowest BCUT2D eigenvalue weighted by atomic mass is 9.51. The molecule has 4 saturated carbocycles. The number of hydrogen-bond acceptors (Lipinski definition) is 2. The Bertz CT molecular complexity index is 1110. The van der Waals surface area contributed by atoms with E-state index < -0.39 is 5.60 Å². The van der Waals surface area contributed by atoms with Gasteiger partial charge in [0.1, 0.15) is 0 Å². The Morgan fingerprint density at radius 1 is 1.20 bits per heavy atom. The number of aliphatic hydroxyl groups is 1. The van der Waals surface area contributed by atoms with Crippen molar-refractivity contribution in [1.29, 1.82) is 0 Å². The highest BCUT2D eigenvalue weighted by atomic mass is 16.3. The first-order chi connectivity index (χ1) is 14.5. The van der Waals surface area contributed by atoms with Crippen LogP contribution in [0, 0.1) is 11.8 Å². The second-order valence-electron chi connectivity index (χ2n) is 9.91. The van der Waals surface area contributed by atoms with Crippen molar-refractivity contribution in [3.8, 4) is 0 Å². The average Bonchev–Trinajstić information content (AvgIpc) is 3.05. The van der Waals surface area contributed by atoms with Crippen LogP contribution in [0.1, 0.15) is 60.4 Å². The number of nitrogens with zero attached hydrogens (tertiary/aromatic N) is 1. The third-order valence-electron chi connectivity index (χ3n) is 7.46. The van der Waals surface area contributed by atoms with E-state index in [0.29, 0.717) is 30.4 Å². The molecule has 7 rings (SSSR count). The monoisotopic (exact) mass is 404 g/mol. The number of aromatic amines is 2. The van der Waals surface area contributed by atoms with Crippen LogP contribution in [0.3, 0.4) is 0 Å². The van der Waals surface area contributed by atoms with Gasteiger partial charge in [-0.05, 0) is 68.6 Å². The molecule has 2 atom stereocenters. The van der Waals surface area contributed by atoms with Crippen LogP contribution in [-0.2, 0) is 6.42 Å². The number of H-pyrrole nitrogens is 2. The van der Waals surface area contributed by atoms with Crippen molar-refractivity contribution in [2.45, 2.75) is 56.1 Å². The number of pyridine rings is 2. The minimum atomic E-state index is -0.584. The molecule has 0 radical (unpaired) electrons. The smallest absolute Gasteiger partial charge is 0.296 e. The second-order valence-corrected chi connectivity index (χ2v) is 9.91. The molecule has 0 aliphatic heterocycles. The summed E-state index contributed by atoms with van der Waals surface area (Å²) < 4.78 is 2.06. The van der Waals surface area contributed by atoms with Crippen molar-refractivity contribution < 1.29 is 19.3 Å². The topological polar surface area (TPSA) is 83.4 Å². The van der Waals surface area contributed by atoms with E-state index in [-0.39, 0.29) is 11.4 Å². The Morgan fingerprint density at radius 3 is 2.77 bits per heavy atom. The molecule has 0 spiro atoms. The number of carbonyl (C=O) groups is 1. The quantitative estimate of drug-likeness (QED) is 0.581. The minimum Gasteiger partial charge on any atom is -0.390 e. The van der Waals surface area contributed by atoms with Gasteiger partial charge in [-0.2, -0.15) is 4.40 Å². The molecule has 2 unspecified atom stereocenters. The van der Waals surface area contributed by atoms with Gasteiger partial charge in [-0.3, -0.25) is 4.79 Å². The number of hydrogen-bond donors (Lipinski definition) is 3. The number of nitrogens with one attached hydrogen (secondary N) is 3. The van der Waals surface area contributed by atoms with Crippen LogP contribution in [0.4, 0.5) is 0 Å². The minimum absolute atomic E-state index is 0.0601. The van der Waals surface area contributed by atoms with Gasteiger partial charge in [-0.1, -0.05) is 6.07 Å². The highest BCUT2D eigenvalue weighted by Crippen LogP contribution is 2.57. The highest BCUT2D eigenvalue weighted by molar-refractivity contribution is 5.98. The summed E-state index contributed by atoms with van der Waals surface area (Å²) in [7, 11) is 0. The Labute approximate surface area is 175 Å². The van der Waals surface area contributed by atoms with Crippen LogP contribution in [0.5, 0.6) is 0 Å². The van der Waals surface area contributed by atoms with Crippen LogP contribution >= 0.6 is 0 Å². The summed E-state index contributed by atoms with van der Waals surface area (Å²) in [4.78, 5) is 20.0. The largest absolute Gasteiger partial charge is 0.390 e. The average molecular weight is 405 g/mol. The van der Waals surface area contributed by atoms with E-state index in [0.717, 1.165) is 42.6 Å². The number of carbonyl (C=O) groups excluding carboxylic acids is 1. The second kappa shape index (κ2) is 6.38. The van der Waals surface area contributed by atoms with E-state index in [1.165, 1.54) is 6.42 Å². The highest BCUT2D eigenvalue weighted by Gasteiger charge is 2.58. The zero-order valence-electron chi connectivity index (χ0n) is 17.0. The third-order valence-corrected chi connectivity index (χ3v) is 7.46. The molecule has 4 aliphatic rings. The van der Waals surface area contributed by atoms with Crippen LogP contribution in [-0.4, -0.2) is 27.1 Å². The predicted molar refractivity (Wildman–Crippen MR) is 110 cm³/mol. The summed E-state index contributed by atoms with van der Waals surface area (Å²) in [5, 5.41) is 14.4. The molecule has 154 valence electrons. The third kappa shape index (κ3) is 2.93. The fourth-order valence-electron chi connectivity index (χ4n) is 6.85.